The van der Waals surface area contributed by atoms with Crippen LogP contribution in [0.3, 0.4) is 0 Å². The van der Waals surface area contributed by atoms with Crippen LogP contribution in [0, 0.1) is 0 Å². The van der Waals surface area contributed by atoms with Gasteiger partial charge in [0.25, 0.3) is 5.56 Å². The summed E-state index contributed by atoms with van der Waals surface area (Å²) in [4.78, 5) is 32.7. The number of fused-ring (bicyclic) bond motifs is 1. The van der Waals surface area contributed by atoms with E-state index in [1.807, 2.05) is 84.9 Å². The minimum atomic E-state index is -0.732. The second-order valence-electron chi connectivity index (χ2n) is 8.48. The highest BCUT2D eigenvalue weighted by Gasteiger charge is 2.35. The Labute approximate surface area is 223 Å². The number of aromatic nitrogens is 1. The number of hydrogen-bond donors (Lipinski definition) is 0. The Morgan fingerprint density at radius 2 is 1.58 bits per heavy atom. The molecule has 3 aromatic carbocycles. The number of ether oxygens (including phenoxy) is 3. The smallest absolute Gasteiger partial charge is 0.338 e. The van der Waals surface area contributed by atoms with Gasteiger partial charge in [-0.1, -0.05) is 65.9 Å². The maximum absolute atomic E-state index is 13.9. The molecule has 1 atom stereocenters. The summed E-state index contributed by atoms with van der Waals surface area (Å²) in [6, 6.07) is 23.6. The van der Waals surface area contributed by atoms with Crippen molar-refractivity contribution in [3.05, 3.63) is 121 Å². The molecule has 0 unspecified atom stereocenters. The van der Waals surface area contributed by atoms with Crippen molar-refractivity contribution in [1.29, 1.82) is 0 Å². The molecule has 4 aromatic rings. The highest BCUT2D eigenvalue weighted by atomic mass is 32.1. The molecule has 38 heavy (non-hydrogen) atoms. The van der Waals surface area contributed by atoms with E-state index in [0.29, 0.717) is 26.4 Å². The summed E-state index contributed by atoms with van der Waals surface area (Å²) in [5.41, 5.74) is 2.93. The van der Waals surface area contributed by atoms with E-state index in [2.05, 4.69) is 0 Å². The third-order valence-corrected chi connectivity index (χ3v) is 7.20. The fourth-order valence-electron chi connectivity index (χ4n) is 4.39. The highest BCUT2D eigenvalue weighted by Crippen LogP contribution is 2.35. The number of carbonyl (C=O) groups is 1. The standard InChI is InChI=1S/C30H26N2O5S/c1-4-37-29(34)25-26(20-8-6-5-7-9-20)31-30-32(27(25)21-12-16-23(36-3)17-13-21)28(33)24(38-30)18-19-10-14-22(35-2)15-11-19/h5-18,27H,4H2,1-3H3/b24-18-/t27-/m1/s1. The van der Waals surface area contributed by atoms with Crippen molar-refractivity contribution in [2.45, 2.75) is 13.0 Å². The average molecular weight is 527 g/mol. The molecule has 0 amide bonds. The lowest BCUT2D eigenvalue weighted by Crippen LogP contribution is -2.40. The van der Waals surface area contributed by atoms with Gasteiger partial charge in [0.05, 0.1) is 42.7 Å². The van der Waals surface area contributed by atoms with Crippen LogP contribution in [0.4, 0.5) is 0 Å². The van der Waals surface area contributed by atoms with Gasteiger partial charge in [0, 0.05) is 5.56 Å². The van der Waals surface area contributed by atoms with Crippen molar-refractivity contribution in [1.82, 2.24) is 4.57 Å². The molecule has 0 saturated heterocycles. The van der Waals surface area contributed by atoms with E-state index in [4.69, 9.17) is 19.2 Å². The number of thiazole rings is 1. The molecule has 1 aromatic heterocycles. The van der Waals surface area contributed by atoms with Crippen molar-refractivity contribution in [3.63, 3.8) is 0 Å². The summed E-state index contributed by atoms with van der Waals surface area (Å²) in [6.45, 7) is 1.95. The van der Waals surface area contributed by atoms with Gasteiger partial charge in [-0.3, -0.25) is 9.36 Å². The molecular formula is C30H26N2O5S. The number of nitrogens with zero attached hydrogens (tertiary/aromatic N) is 2. The molecule has 7 nitrogen and oxygen atoms in total. The molecule has 0 aliphatic carbocycles. The molecule has 0 bridgehead atoms. The summed E-state index contributed by atoms with van der Waals surface area (Å²) in [7, 11) is 3.20. The summed E-state index contributed by atoms with van der Waals surface area (Å²) in [5.74, 6) is 0.890. The Bertz CT molecular complexity index is 1670. The first kappa shape index (κ1) is 25.2. The normalized spacial score (nSPS) is 15.0. The number of rotatable bonds is 7. The van der Waals surface area contributed by atoms with E-state index in [0.717, 1.165) is 22.4 Å². The fraction of sp³-hybridized carbons (Fsp3) is 0.167. The van der Waals surface area contributed by atoms with Gasteiger partial charge in [-0.05, 0) is 48.4 Å². The van der Waals surface area contributed by atoms with Gasteiger partial charge < -0.3 is 14.2 Å². The van der Waals surface area contributed by atoms with Crippen molar-refractivity contribution in [2.24, 2.45) is 4.99 Å². The van der Waals surface area contributed by atoms with E-state index in [1.165, 1.54) is 11.3 Å². The van der Waals surface area contributed by atoms with Crippen molar-refractivity contribution in [3.8, 4) is 11.5 Å². The largest absolute Gasteiger partial charge is 0.497 e. The molecule has 192 valence electrons. The highest BCUT2D eigenvalue weighted by molar-refractivity contribution is 7.07. The van der Waals surface area contributed by atoms with Gasteiger partial charge in [0.15, 0.2) is 4.80 Å². The first-order valence-electron chi connectivity index (χ1n) is 12.1. The third-order valence-electron chi connectivity index (χ3n) is 6.22. The Morgan fingerprint density at radius 1 is 0.947 bits per heavy atom. The van der Waals surface area contributed by atoms with E-state index >= 15 is 0 Å². The summed E-state index contributed by atoms with van der Waals surface area (Å²) in [5, 5.41) is 0. The van der Waals surface area contributed by atoms with Crippen molar-refractivity contribution >= 4 is 29.1 Å². The minimum Gasteiger partial charge on any atom is -0.497 e. The molecule has 0 radical (unpaired) electrons. The molecule has 5 rings (SSSR count). The Hall–Kier alpha value is -4.43. The van der Waals surface area contributed by atoms with Gasteiger partial charge in [0.1, 0.15) is 11.5 Å². The molecular weight excluding hydrogens is 500 g/mol. The van der Waals surface area contributed by atoms with Crippen LogP contribution >= 0.6 is 11.3 Å². The molecule has 8 heteroatoms. The predicted molar refractivity (Wildman–Crippen MR) is 147 cm³/mol. The quantitative estimate of drug-likeness (QED) is 0.341. The van der Waals surface area contributed by atoms with Gasteiger partial charge in [0.2, 0.25) is 0 Å². The van der Waals surface area contributed by atoms with Crippen LogP contribution in [-0.2, 0) is 9.53 Å². The van der Waals surface area contributed by atoms with Gasteiger partial charge in [-0.2, -0.15) is 0 Å². The van der Waals surface area contributed by atoms with Crippen LogP contribution in [0.1, 0.15) is 29.7 Å². The van der Waals surface area contributed by atoms with E-state index in [9.17, 15) is 9.59 Å². The predicted octanol–water partition coefficient (Wildman–Crippen LogP) is 3.95. The maximum Gasteiger partial charge on any atom is 0.338 e. The SMILES string of the molecule is CCOC(=O)C1=C(c2ccccc2)N=c2s/c(=C\c3ccc(OC)cc3)c(=O)n2[C@@H]1c1ccc(OC)cc1. The number of methoxy groups -OCH3 is 2. The maximum atomic E-state index is 13.9. The second-order valence-corrected chi connectivity index (χ2v) is 9.49. The summed E-state index contributed by atoms with van der Waals surface area (Å²) >= 11 is 1.28. The number of esters is 1. The van der Waals surface area contributed by atoms with E-state index in [1.54, 1.807) is 25.7 Å². The molecule has 2 heterocycles. The molecule has 1 aliphatic heterocycles. The number of benzene rings is 3. The first-order chi connectivity index (χ1) is 18.5. The number of hydrogen-bond acceptors (Lipinski definition) is 7. The average Bonchev–Trinajstić information content (AvgIpc) is 3.27. The fourth-order valence-corrected chi connectivity index (χ4v) is 5.39. The lowest BCUT2D eigenvalue weighted by Gasteiger charge is -2.26. The zero-order valence-corrected chi connectivity index (χ0v) is 22.0. The van der Waals surface area contributed by atoms with Crippen LogP contribution in [0.15, 0.2) is 94.2 Å². The van der Waals surface area contributed by atoms with E-state index in [-0.39, 0.29) is 12.2 Å². The Kier molecular flexibility index (Phi) is 7.24. The zero-order valence-electron chi connectivity index (χ0n) is 21.2. The first-order valence-corrected chi connectivity index (χ1v) is 12.9. The summed E-state index contributed by atoms with van der Waals surface area (Å²) in [6.07, 6.45) is 1.82. The van der Waals surface area contributed by atoms with E-state index < -0.39 is 12.0 Å². The summed E-state index contributed by atoms with van der Waals surface area (Å²) < 4.78 is 18.2. The van der Waals surface area contributed by atoms with Crippen molar-refractivity contribution in [2.75, 3.05) is 20.8 Å². The molecule has 0 fully saturated rings. The minimum absolute atomic E-state index is 0.196. The van der Waals surface area contributed by atoms with Gasteiger partial charge in [-0.25, -0.2) is 9.79 Å². The Balaban J connectivity index is 1.79. The monoisotopic (exact) mass is 526 g/mol. The zero-order chi connectivity index (χ0) is 26.6. The Morgan fingerprint density at radius 3 is 2.18 bits per heavy atom. The van der Waals surface area contributed by atoms with Crippen LogP contribution in [0.2, 0.25) is 0 Å². The van der Waals surface area contributed by atoms with Crippen molar-refractivity contribution < 1.29 is 19.0 Å². The van der Waals surface area contributed by atoms with Crippen LogP contribution in [-0.4, -0.2) is 31.4 Å². The van der Waals surface area contributed by atoms with Crippen LogP contribution in [0.5, 0.6) is 11.5 Å². The molecule has 0 saturated carbocycles. The molecule has 0 spiro atoms. The van der Waals surface area contributed by atoms with Gasteiger partial charge in [-0.15, -0.1) is 0 Å². The third kappa shape index (κ3) is 4.78. The molecule has 1 aliphatic rings. The topological polar surface area (TPSA) is 79.1 Å². The molecule has 0 N–H and O–H groups in total. The number of carbonyl (C=O) groups excluding carboxylic acids is 1. The van der Waals surface area contributed by atoms with Crippen LogP contribution in [0.25, 0.3) is 11.8 Å². The lowest BCUT2D eigenvalue weighted by molar-refractivity contribution is -0.138. The van der Waals surface area contributed by atoms with Gasteiger partial charge >= 0.3 is 5.97 Å². The lowest BCUT2D eigenvalue weighted by atomic mass is 9.93. The second kappa shape index (κ2) is 10.9. The van der Waals surface area contributed by atoms with Crippen LogP contribution < -0.4 is 24.4 Å².